The van der Waals surface area contributed by atoms with Crippen LogP contribution < -0.4 is 9.80 Å². The van der Waals surface area contributed by atoms with Gasteiger partial charge in [0.05, 0.1) is 11.1 Å². The van der Waals surface area contributed by atoms with Crippen LogP contribution in [0.1, 0.15) is 22.3 Å². The Morgan fingerprint density at radius 2 is 0.667 bits per heavy atom. The van der Waals surface area contributed by atoms with Crippen molar-refractivity contribution >= 4 is 34.1 Å². The molecule has 5 aromatic carbocycles. The van der Waals surface area contributed by atoms with E-state index in [-0.39, 0.29) is 0 Å². The minimum atomic E-state index is -4.52. The van der Waals surface area contributed by atoms with Crippen LogP contribution in [0.25, 0.3) is 0 Å². The summed E-state index contributed by atoms with van der Waals surface area (Å²) in [5, 5.41) is 0. The Morgan fingerprint density at radius 3 is 0.952 bits per heavy atom. The Hall–Kier alpha value is -4.72. The molecule has 8 heteroatoms. The number of alkyl halides is 6. The van der Waals surface area contributed by atoms with Gasteiger partial charge in [0.15, 0.2) is 0 Å². The first-order valence-electron chi connectivity index (χ1n) is 13.1. The smallest absolute Gasteiger partial charge is 0.310 e. The standard InChI is InChI=1S/C34H26F6N2/c1-23-9-13-27(14-10-23)41(31-7-3-5-25(21-31)33(35,36)37)29-17-19-30(20-18-29)42(28-15-11-24(2)12-16-28)32-8-4-6-26(22-32)34(38,39)40/h3-22H,1-2H3. The summed E-state index contributed by atoms with van der Waals surface area (Å²) in [4.78, 5) is 3.41. The minimum absolute atomic E-state index is 0.315. The fraction of sp³-hybridized carbons (Fsp3) is 0.118. The zero-order chi connectivity index (χ0) is 30.1. The third-order valence-corrected chi connectivity index (χ3v) is 6.81. The second-order valence-electron chi connectivity index (χ2n) is 9.95. The molecule has 0 saturated heterocycles. The summed E-state index contributed by atoms with van der Waals surface area (Å²) in [6, 6.07) is 31.9. The molecule has 0 fully saturated rings. The summed E-state index contributed by atoms with van der Waals surface area (Å²) in [7, 11) is 0. The number of anilines is 6. The van der Waals surface area contributed by atoms with Crippen LogP contribution in [-0.4, -0.2) is 0 Å². The molecule has 0 unspecified atom stereocenters. The Morgan fingerprint density at radius 1 is 0.381 bits per heavy atom. The molecule has 214 valence electrons. The van der Waals surface area contributed by atoms with Crippen molar-refractivity contribution in [2.45, 2.75) is 26.2 Å². The molecule has 5 rings (SSSR count). The van der Waals surface area contributed by atoms with Crippen molar-refractivity contribution in [2.24, 2.45) is 0 Å². The average molecular weight is 577 g/mol. The molecule has 0 atom stereocenters. The summed E-state index contributed by atoms with van der Waals surface area (Å²) in [5.74, 6) is 0. The van der Waals surface area contributed by atoms with Gasteiger partial charge in [-0.3, -0.25) is 0 Å². The van der Waals surface area contributed by atoms with E-state index in [0.717, 1.165) is 35.4 Å². The van der Waals surface area contributed by atoms with Crippen LogP contribution in [-0.2, 0) is 12.4 Å². The second-order valence-corrected chi connectivity index (χ2v) is 9.95. The van der Waals surface area contributed by atoms with Crippen molar-refractivity contribution in [1.29, 1.82) is 0 Å². The minimum Gasteiger partial charge on any atom is -0.310 e. The number of hydrogen-bond acceptors (Lipinski definition) is 2. The van der Waals surface area contributed by atoms with Gasteiger partial charge in [0, 0.05) is 34.1 Å². The van der Waals surface area contributed by atoms with E-state index in [2.05, 4.69) is 0 Å². The van der Waals surface area contributed by atoms with Crippen LogP contribution in [0.2, 0.25) is 0 Å². The number of halogens is 6. The first-order valence-corrected chi connectivity index (χ1v) is 13.1. The lowest BCUT2D eigenvalue weighted by Gasteiger charge is -2.29. The first kappa shape index (κ1) is 28.8. The summed E-state index contributed by atoms with van der Waals surface area (Å²) in [6.07, 6.45) is -9.03. The maximum Gasteiger partial charge on any atom is 0.416 e. The third kappa shape index (κ3) is 6.28. The number of benzene rings is 5. The molecule has 0 aromatic heterocycles. The number of aryl methyl sites for hydroxylation is 2. The van der Waals surface area contributed by atoms with Crippen LogP contribution in [0.4, 0.5) is 60.5 Å². The van der Waals surface area contributed by atoms with Gasteiger partial charge >= 0.3 is 12.4 Å². The second kappa shape index (κ2) is 11.3. The van der Waals surface area contributed by atoms with Gasteiger partial charge < -0.3 is 9.80 Å². The van der Waals surface area contributed by atoms with E-state index >= 15 is 0 Å². The molecular formula is C34H26F6N2. The van der Waals surface area contributed by atoms with Gasteiger partial charge in [0.1, 0.15) is 0 Å². The van der Waals surface area contributed by atoms with Gasteiger partial charge in [-0.15, -0.1) is 0 Å². The highest BCUT2D eigenvalue weighted by atomic mass is 19.4. The number of rotatable bonds is 6. The van der Waals surface area contributed by atoms with Crippen molar-refractivity contribution in [2.75, 3.05) is 9.80 Å². The molecule has 0 radical (unpaired) electrons. The molecular weight excluding hydrogens is 550 g/mol. The highest BCUT2D eigenvalue weighted by Crippen LogP contribution is 2.42. The van der Waals surface area contributed by atoms with E-state index in [0.29, 0.717) is 34.1 Å². The van der Waals surface area contributed by atoms with Crippen LogP contribution in [0.3, 0.4) is 0 Å². The predicted octanol–water partition coefficient (Wildman–Crippen LogP) is 11.3. The lowest BCUT2D eigenvalue weighted by Crippen LogP contribution is -2.14. The molecule has 0 heterocycles. The van der Waals surface area contributed by atoms with E-state index in [9.17, 15) is 26.3 Å². The summed E-state index contributed by atoms with van der Waals surface area (Å²) in [6.45, 7) is 3.83. The van der Waals surface area contributed by atoms with Crippen molar-refractivity contribution in [1.82, 2.24) is 0 Å². The highest BCUT2D eigenvalue weighted by molar-refractivity contribution is 5.81. The summed E-state index contributed by atoms with van der Waals surface area (Å²) in [5.41, 5.74) is 3.53. The molecule has 0 aliphatic rings. The zero-order valence-corrected chi connectivity index (χ0v) is 22.7. The molecule has 42 heavy (non-hydrogen) atoms. The fourth-order valence-corrected chi connectivity index (χ4v) is 4.68. The lowest BCUT2D eigenvalue weighted by atomic mass is 10.1. The summed E-state index contributed by atoms with van der Waals surface area (Å²) >= 11 is 0. The Labute approximate surface area is 240 Å². The van der Waals surface area contributed by atoms with Gasteiger partial charge in [0.25, 0.3) is 0 Å². The molecule has 0 aliphatic carbocycles. The molecule has 5 aromatic rings. The predicted molar refractivity (Wildman–Crippen MR) is 155 cm³/mol. The van der Waals surface area contributed by atoms with Crippen LogP contribution in [0.15, 0.2) is 121 Å². The van der Waals surface area contributed by atoms with Gasteiger partial charge in [-0.2, -0.15) is 26.3 Å². The van der Waals surface area contributed by atoms with Crippen LogP contribution in [0.5, 0.6) is 0 Å². The van der Waals surface area contributed by atoms with Crippen molar-refractivity contribution in [3.8, 4) is 0 Å². The SMILES string of the molecule is Cc1ccc(N(c2ccc(N(c3ccc(C)cc3)c3cccc(C(F)(F)F)c3)cc2)c2cccc(C(F)(F)F)c2)cc1. The zero-order valence-electron chi connectivity index (χ0n) is 22.7. The Kier molecular flexibility index (Phi) is 7.73. The third-order valence-electron chi connectivity index (χ3n) is 6.81. The monoisotopic (exact) mass is 576 g/mol. The van der Waals surface area contributed by atoms with Crippen molar-refractivity contribution in [3.05, 3.63) is 144 Å². The van der Waals surface area contributed by atoms with E-state index in [1.54, 1.807) is 46.2 Å². The molecule has 0 bridgehead atoms. The van der Waals surface area contributed by atoms with Crippen molar-refractivity contribution in [3.63, 3.8) is 0 Å². The van der Waals surface area contributed by atoms with E-state index in [1.807, 2.05) is 62.4 Å². The lowest BCUT2D eigenvalue weighted by molar-refractivity contribution is -0.138. The Bertz CT molecular complexity index is 1530. The molecule has 0 N–H and O–H groups in total. The highest BCUT2D eigenvalue weighted by Gasteiger charge is 2.32. The topological polar surface area (TPSA) is 6.48 Å². The molecule has 2 nitrogen and oxygen atoms in total. The molecule has 0 spiro atoms. The molecule has 0 aliphatic heterocycles. The normalized spacial score (nSPS) is 11.8. The van der Waals surface area contributed by atoms with Gasteiger partial charge in [-0.1, -0.05) is 47.5 Å². The van der Waals surface area contributed by atoms with Gasteiger partial charge in [-0.05, 0) is 98.8 Å². The van der Waals surface area contributed by atoms with Crippen LogP contribution in [0, 0.1) is 13.8 Å². The van der Waals surface area contributed by atoms with Crippen LogP contribution >= 0.6 is 0 Å². The first-order chi connectivity index (χ1) is 19.9. The largest absolute Gasteiger partial charge is 0.416 e. The van der Waals surface area contributed by atoms with E-state index < -0.39 is 23.5 Å². The maximum absolute atomic E-state index is 13.6. The van der Waals surface area contributed by atoms with Crippen molar-refractivity contribution < 1.29 is 26.3 Å². The van der Waals surface area contributed by atoms with Gasteiger partial charge in [0.2, 0.25) is 0 Å². The van der Waals surface area contributed by atoms with E-state index in [4.69, 9.17) is 0 Å². The average Bonchev–Trinajstić information content (AvgIpc) is 2.96. The van der Waals surface area contributed by atoms with Gasteiger partial charge in [-0.25, -0.2) is 0 Å². The maximum atomic E-state index is 13.6. The number of nitrogens with zero attached hydrogens (tertiary/aromatic N) is 2. The molecule has 0 saturated carbocycles. The fourth-order valence-electron chi connectivity index (χ4n) is 4.68. The Balaban J connectivity index is 1.61. The number of hydrogen-bond donors (Lipinski definition) is 0. The van der Waals surface area contributed by atoms with E-state index in [1.165, 1.54) is 12.1 Å². The summed E-state index contributed by atoms with van der Waals surface area (Å²) < 4.78 is 81.5. The molecule has 0 amide bonds. The quantitative estimate of drug-likeness (QED) is 0.186.